The van der Waals surface area contributed by atoms with Crippen molar-refractivity contribution in [1.29, 1.82) is 0 Å². The van der Waals surface area contributed by atoms with Gasteiger partial charge in [-0.05, 0) is 24.7 Å². The highest BCUT2D eigenvalue weighted by Gasteiger charge is 2.24. The summed E-state index contributed by atoms with van der Waals surface area (Å²) in [6.07, 6.45) is 0.875. The predicted molar refractivity (Wildman–Crippen MR) is 118 cm³/mol. The van der Waals surface area contributed by atoms with Crippen LogP contribution in [0.4, 0.5) is 19.6 Å². The van der Waals surface area contributed by atoms with Crippen molar-refractivity contribution in [1.82, 2.24) is 10.3 Å². The van der Waals surface area contributed by atoms with E-state index in [2.05, 4.69) is 40.0 Å². The van der Waals surface area contributed by atoms with E-state index in [0.29, 0.717) is 23.6 Å². The molecule has 3 N–H and O–H groups in total. The summed E-state index contributed by atoms with van der Waals surface area (Å²) < 4.78 is 54.5. The number of sulfonamides is 1. The predicted octanol–water partition coefficient (Wildman–Crippen LogP) is 4.60. The van der Waals surface area contributed by atoms with Crippen LogP contribution in [0.5, 0.6) is 0 Å². The number of aromatic nitrogens is 1. The molecule has 2 rings (SSSR count). The van der Waals surface area contributed by atoms with Gasteiger partial charge in [0.25, 0.3) is 10.0 Å². The number of rotatable bonds is 10. The quantitative estimate of drug-likeness (QED) is 0.431. The van der Waals surface area contributed by atoms with Crippen LogP contribution >= 0.6 is 22.9 Å². The van der Waals surface area contributed by atoms with Gasteiger partial charge in [-0.3, -0.25) is 4.72 Å². The van der Waals surface area contributed by atoms with E-state index in [9.17, 15) is 17.2 Å². The first-order valence-electron chi connectivity index (χ1n) is 9.01. The molecular formula is C17H25ClF2N4O2S2Si. The molecule has 12 heteroatoms. The Kier molecular flexibility index (Phi) is 8.02. The fraction of sp³-hybridized carbons (Fsp3) is 0.471. The number of hydrogen-bond donors (Lipinski definition) is 3. The number of hydrogen-bond acceptors (Lipinski definition) is 6. The van der Waals surface area contributed by atoms with Crippen molar-refractivity contribution in [3.8, 4) is 0 Å². The number of nitrogens with zero attached hydrogens (tertiary/aromatic N) is 1. The summed E-state index contributed by atoms with van der Waals surface area (Å²) in [6, 6.07) is 3.30. The third kappa shape index (κ3) is 7.17. The van der Waals surface area contributed by atoms with Crippen LogP contribution in [-0.2, 0) is 10.0 Å². The van der Waals surface area contributed by atoms with E-state index in [-0.39, 0.29) is 16.2 Å². The highest BCUT2D eigenvalue weighted by atomic mass is 35.5. The van der Waals surface area contributed by atoms with Crippen LogP contribution < -0.4 is 15.4 Å². The number of likely N-dealkylation sites (N-methyl/N-ethyl adjacent to an activating group) is 1. The lowest BCUT2D eigenvalue weighted by Gasteiger charge is -2.26. The molecule has 1 aromatic carbocycles. The summed E-state index contributed by atoms with van der Waals surface area (Å²) >= 11 is 6.71. The minimum absolute atomic E-state index is 0.0698. The van der Waals surface area contributed by atoms with Gasteiger partial charge >= 0.3 is 0 Å². The Labute approximate surface area is 180 Å². The highest BCUT2D eigenvalue weighted by molar-refractivity contribution is 7.93. The molecular weight excluding hydrogens is 458 g/mol. The zero-order valence-corrected chi connectivity index (χ0v) is 20.0. The molecule has 0 bridgehead atoms. The summed E-state index contributed by atoms with van der Waals surface area (Å²) in [6.45, 7) is 10.2. The lowest BCUT2D eigenvalue weighted by molar-refractivity contribution is 0.569. The van der Waals surface area contributed by atoms with Gasteiger partial charge in [0.15, 0.2) is 10.3 Å². The molecule has 1 atom stereocenters. The van der Waals surface area contributed by atoms with Crippen molar-refractivity contribution in [3.05, 3.63) is 34.3 Å². The molecule has 162 valence electrons. The molecule has 0 amide bonds. The summed E-state index contributed by atoms with van der Waals surface area (Å²) in [4.78, 5) is 2.94. The Balaban J connectivity index is 2.17. The van der Waals surface area contributed by atoms with Crippen LogP contribution in [0.15, 0.2) is 23.2 Å². The molecule has 0 fully saturated rings. The number of anilines is 2. The van der Waals surface area contributed by atoms with E-state index in [1.54, 1.807) is 0 Å². The smallest absolute Gasteiger partial charge is 0.266 e. The maximum Gasteiger partial charge on any atom is 0.266 e. The Morgan fingerprint density at radius 1 is 1.28 bits per heavy atom. The standard InChI is InChI=1S/C17H25ClF2N4O2S2Si/c1-5-21-11(10-29(2,3)4)8-22-14-7-13(19)15(6-12(14)18)28(25,26)24-17-23-9-16(20)27-17/h6-7,9,11,21-22H,5,8,10H2,1-4H3,(H,23,24). The fourth-order valence-corrected chi connectivity index (χ4v) is 6.75. The first-order chi connectivity index (χ1) is 13.4. The number of nitrogens with one attached hydrogen (secondary N) is 3. The van der Waals surface area contributed by atoms with Crippen molar-refractivity contribution in [3.63, 3.8) is 0 Å². The second kappa shape index (κ2) is 9.69. The molecule has 6 nitrogen and oxygen atoms in total. The van der Waals surface area contributed by atoms with Crippen molar-refractivity contribution in [2.75, 3.05) is 23.1 Å². The van der Waals surface area contributed by atoms with E-state index in [4.69, 9.17) is 11.6 Å². The monoisotopic (exact) mass is 482 g/mol. The Morgan fingerprint density at radius 3 is 2.52 bits per heavy atom. The highest BCUT2D eigenvalue weighted by Crippen LogP contribution is 2.30. The lowest BCUT2D eigenvalue weighted by atomic mass is 10.2. The topological polar surface area (TPSA) is 83.1 Å². The second-order valence-corrected chi connectivity index (χ2v) is 16.3. The third-order valence-electron chi connectivity index (χ3n) is 3.90. The van der Waals surface area contributed by atoms with Gasteiger partial charge < -0.3 is 10.6 Å². The van der Waals surface area contributed by atoms with E-state index in [1.807, 2.05) is 6.92 Å². The molecule has 0 spiro atoms. The molecule has 1 heterocycles. The molecule has 0 saturated carbocycles. The molecule has 1 aromatic heterocycles. The molecule has 0 aliphatic rings. The Bertz CT molecular complexity index is 951. The van der Waals surface area contributed by atoms with Crippen molar-refractivity contribution >= 4 is 51.9 Å². The second-order valence-electron chi connectivity index (χ2n) is 7.74. The first-order valence-corrected chi connectivity index (χ1v) is 15.4. The van der Waals surface area contributed by atoms with E-state index < -0.39 is 33.9 Å². The van der Waals surface area contributed by atoms with Gasteiger partial charge in [-0.25, -0.2) is 17.8 Å². The molecule has 0 aliphatic heterocycles. The zero-order valence-electron chi connectivity index (χ0n) is 16.6. The number of thiazole rings is 1. The van der Waals surface area contributed by atoms with Gasteiger partial charge in [0, 0.05) is 20.7 Å². The van der Waals surface area contributed by atoms with E-state index in [0.717, 1.165) is 30.9 Å². The zero-order chi connectivity index (χ0) is 21.8. The largest absolute Gasteiger partial charge is 0.382 e. The van der Waals surface area contributed by atoms with Crippen molar-refractivity contribution < 1.29 is 17.2 Å². The van der Waals surface area contributed by atoms with Gasteiger partial charge in [0.1, 0.15) is 10.7 Å². The van der Waals surface area contributed by atoms with Gasteiger partial charge in [0.2, 0.25) is 0 Å². The fourth-order valence-electron chi connectivity index (χ4n) is 2.82. The van der Waals surface area contributed by atoms with E-state index >= 15 is 0 Å². The normalized spacial score (nSPS) is 13.3. The SMILES string of the molecule is CCNC(CNc1cc(F)c(S(=O)(=O)Nc2ncc(F)s2)cc1Cl)C[Si](C)(C)C. The average molecular weight is 483 g/mol. The Hall–Kier alpha value is -1.27. The lowest BCUT2D eigenvalue weighted by Crippen LogP contribution is -2.41. The van der Waals surface area contributed by atoms with Gasteiger partial charge in [0.05, 0.1) is 16.9 Å². The molecule has 0 radical (unpaired) electrons. The van der Waals surface area contributed by atoms with Gasteiger partial charge in [-0.1, -0.05) is 49.5 Å². The molecule has 2 aromatic rings. The van der Waals surface area contributed by atoms with Crippen molar-refractivity contribution in [2.24, 2.45) is 0 Å². The summed E-state index contributed by atoms with van der Waals surface area (Å²) in [5, 5.41) is 5.72. The minimum atomic E-state index is -4.30. The summed E-state index contributed by atoms with van der Waals surface area (Å²) in [7, 11) is -5.61. The van der Waals surface area contributed by atoms with Crippen LogP contribution in [-0.4, -0.2) is 40.6 Å². The van der Waals surface area contributed by atoms with Crippen LogP contribution in [0.3, 0.4) is 0 Å². The first kappa shape index (κ1) is 24.0. The summed E-state index contributed by atoms with van der Waals surface area (Å²) in [5.41, 5.74) is 0.307. The van der Waals surface area contributed by atoms with Crippen LogP contribution in [0.1, 0.15) is 6.92 Å². The maximum atomic E-state index is 14.6. The Morgan fingerprint density at radius 2 is 1.97 bits per heavy atom. The maximum absolute atomic E-state index is 14.6. The van der Waals surface area contributed by atoms with Crippen LogP contribution in [0, 0.1) is 10.9 Å². The van der Waals surface area contributed by atoms with Gasteiger partial charge in [-0.15, -0.1) is 0 Å². The third-order valence-corrected chi connectivity index (χ3v) is 8.12. The molecule has 29 heavy (non-hydrogen) atoms. The molecule has 1 unspecified atom stereocenters. The summed E-state index contributed by atoms with van der Waals surface area (Å²) in [5.74, 6) is -0.966. The number of benzene rings is 1. The van der Waals surface area contributed by atoms with E-state index in [1.165, 1.54) is 0 Å². The average Bonchev–Trinajstić information content (AvgIpc) is 2.98. The van der Waals surface area contributed by atoms with Crippen LogP contribution in [0.2, 0.25) is 30.7 Å². The van der Waals surface area contributed by atoms with Gasteiger partial charge in [-0.2, -0.15) is 4.39 Å². The molecule has 0 aliphatic carbocycles. The minimum Gasteiger partial charge on any atom is -0.382 e. The van der Waals surface area contributed by atoms with Crippen molar-refractivity contribution in [2.45, 2.75) is 43.5 Å². The van der Waals surface area contributed by atoms with Crippen LogP contribution in [0.25, 0.3) is 0 Å². The number of halogens is 3. The molecule has 0 saturated heterocycles.